The number of amides is 1. The van der Waals surface area contributed by atoms with Crippen LogP contribution in [-0.2, 0) is 0 Å². The van der Waals surface area contributed by atoms with Crippen molar-refractivity contribution in [1.29, 1.82) is 0 Å². The van der Waals surface area contributed by atoms with Gasteiger partial charge in [-0.2, -0.15) is 0 Å². The molecule has 0 saturated heterocycles. The standard InChI is InChI=1S/C11H12ClF2NO/c1-7-5-8(10(14)6-9(7)13)11(16)15(2)4-3-12/h5-6H,3-4H2,1-2H3. The van der Waals surface area contributed by atoms with Crippen molar-refractivity contribution in [1.82, 2.24) is 4.90 Å². The number of hydrogen-bond donors (Lipinski definition) is 0. The van der Waals surface area contributed by atoms with E-state index in [1.807, 2.05) is 0 Å². The lowest BCUT2D eigenvalue weighted by atomic mass is 10.1. The van der Waals surface area contributed by atoms with Crippen LogP contribution >= 0.6 is 11.6 Å². The van der Waals surface area contributed by atoms with Crippen LogP contribution in [0.3, 0.4) is 0 Å². The summed E-state index contributed by atoms with van der Waals surface area (Å²) < 4.78 is 26.3. The highest BCUT2D eigenvalue weighted by molar-refractivity contribution is 6.18. The van der Waals surface area contributed by atoms with Gasteiger partial charge in [-0.1, -0.05) is 0 Å². The maximum Gasteiger partial charge on any atom is 0.256 e. The average Bonchev–Trinajstić information content (AvgIpc) is 2.23. The number of halogens is 3. The maximum atomic E-state index is 13.4. The summed E-state index contributed by atoms with van der Waals surface area (Å²) in [5, 5.41) is 0. The highest BCUT2D eigenvalue weighted by Crippen LogP contribution is 2.15. The molecule has 0 saturated carbocycles. The number of rotatable bonds is 3. The predicted molar refractivity (Wildman–Crippen MR) is 58.8 cm³/mol. The Bertz CT molecular complexity index is 409. The van der Waals surface area contributed by atoms with Crippen molar-refractivity contribution in [2.45, 2.75) is 6.92 Å². The lowest BCUT2D eigenvalue weighted by Crippen LogP contribution is -2.29. The third-order valence-corrected chi connectivity index (χ3v) is 2.41. The average molecular weight is 248 g/mol. The smallest absolute Gasteiger partial charge is 0.256 e. The minimum Gasteiger partial charge on any atom is -0.340 e. The van der Waals surface area contributed by atoms with Gasteiger partial charge in [-0.05, 0) is 18.6 Å². The molecule has 1 aromatic carbocycles. The molecule has 0 N–H and O–H groups in total. The molecule has 88 valence electrons. The predicted octanol–water partition coefficient (Wildman–Crippen LogP) is 2.58. The van der Waals surface area contributed by atoms with Crippen molar-refractivity contribution in [2.24, 2.45) is 0 Å². The number of alkyl halides is 1. The molecule has 0 atom stereocenters. The monoisotopic (exact) mass is 247 g/mol. The molecule has 0 bridgehead atoms. The Morgan fingerprint density at radius 2 is 2.00 bits per heavy atom. The molecule has 16 heavy (non-hydrogen) atoms. The molecule has 0 unspecified atom stereocenters. The zero-order valence-electron chi connectivity index (χ0n) is 9.06. The van der Waals surface area contributed by atoms with Crippen molar-refractivity contribution in [3.63, 3.8) is 0 Å². The summed E-state index contributed by atoms with van der Waals surface area (Å²) in [4.78, 5) is 13.0. The molecule has 0 aliphatic rings. The van der Waals surface area contributed by atoms with Gasteiger partial charge < -0.3 is 4.90 Å². The minimum atomic E-state index is -0.852. The highest BCUT2D eigenvalue weighted by Gasteiger charge is 2.17. The molecule has 0 aliphatic carbocycles. The molecule has 1 rings (SSSR count). The Kier molecular flexibility index (Phi) is 4.24. The van der Waals surface area contributed by atoms with Crippen molar-refractivity contribution in [3.8, 4) is 0 Å². The number of benzene rings is 1. The molecule has 1 aromatic rings. The van der Waals surface area contributed by atoms with E-state index in [9.17, 15) is 13.6 Å². The summed E-state index contributed by atoms with van der Waals surface area (Å²) in [6.45, 7) is 1.79. The van der Waals surface area contributed by atoms with E-state index in [1.54, 1.807) is 0 Å². The van der Waals surface area contributed by atoms with Gasteiger partial charge in [0.05, 0.1) is 5.56 Å². The van der Waals surface area contributed by atoms with Crippen molar-refractivity contribution < 1.29 is 13.6 Å². The summed E-state index contributed by atoms with van der Waals surface area (Å²) in [6, 6.07) is 1.93. The van der Waals surface area contributed by atoms with E-state index in [2.05, 4.69) is 0 Å². The number of aryl methyl sites for hydroxylation is 1. The van der Waals surface area contributed by atoms with Crippen LogP contribution < -0.4 is 0 Å². The van der Waals surface area contributed by atoms with Crippen molar-refractivity contribution in [2.75, 3.05) is 19.5 Å². The van der Waals surface area contributed by atoms with Crippen LogP contribution in [0.2, 0.25) is 0 Å². The van der Waals surface area contributed by atoms with Gasteiger partial charge in [0.2, 0.25) is 0 Å². The third-order valence-electron chi connectivity index (χ3n) is 2.25. The number of carbonyl (C=O) groups is 1. The zero-order chi connectivity index (χ0) is 12.3. The summed E-state index contributed by atoms with van der Waals surface area (Å²) in [5.41, 5.74) is 0.107. The third kappa shape index (κ3) is 2.70. The summed E-state index contributed by atoms with van der Waals surface area (Å²) in [7, 11) is 1.52. The van der Waals surface area contributed by atoms with Crippen LogP contribution in [0.5, 0.6) is 0 Å². The molecular formula is C11H12ClF2NO. The quantitative estimate of drug-likeness (QED) is 0.752. The lowest BCUT2D eigenvalue weighted by Gasteiger charge is -2.16. The fourth-order valence-corrected chi connectivity index (χ4v) is 1.51. The van der Waals surface area contributed by atoms with Gasteiger partial charge in [0, 0.05) is 25.5 Å². The minimum absolute atomic E-state index is 0.133. The van der Waals surface area contributed by atoms with Crippen LogP contribution in [0.4, 0.5) is 8.78 Å². The first-order valence-corrected chi connectivity index (χ1v) is 5.28. The Labute approximate surface area is 97.8 Å². The second kappa shape index (κ2) is 5.25. The Balaban J connectivity index is 3.04. The lowest BCUT2D eigenvalue weighted by molar-refractivity contribution is 0.0798. The van der Waals surface area contributed by atoms with Crippen LogP contribution in [0.15, 0.2) is 12.1 Å². The fraction of sp³-hybridized carbons (Fsp3) is 0.364. The fourth-order valence-electron chi connectivity index (χ4n) is 1.26. The molecular weight excluding hydrogens is 236 g/mol. The maximum absolute atomic E-state index is 13.4. The van der Waals surface area contributed by atoms with E-state index < -0.39 is 17.5 Å². The molecule has 5 heteroatoms. The second-order valence-corrected chi connectivity index (χ2v) is 3.87. The number of hydrogen-bond acceptors (Lipinski definition) is 1. The summed E-state index contributed by atoms with van der Waals surface area (Å²) in [5.74, 6) is -1.74. The number of nitrogens with zero attached hydrogens (tertiary/aromatic N) is 1. The summed E-state index contributed by atoms with van der Waals surface area (Å²) in [6.07, 6.45) is 0. The van der Waals surface area contributed by atoms with E-state index in [1.165, 1.54) is 24.9 Å². The topological polar surface area (TPSA) is 20.3 Å². The van der Waals surface area contributed by atoms with Crippen molar-refractivity contribution in [3.05, 3.63) is 34.9 Å². The zero-order valence-corrected chi connectivity index (χ0v) is 9.81. The Hall–Kier alpha value is -1.16. The number of carbonyl (C=O) groups excluding carboxylic acids is 1. The van der Waals surface area contributed by atoms with Gasteiger partial charge in [-0.15, -0.1) is 11.6 Å². The van der Waals surface area contributed by atoms with Gasteiger partial charge in [0.1, 0.15) is 11.6 Å². The van der Waals surface area contributed by atoms with Gasteiger partial charge >= 0.3 is 0 Å². The molecule has 0 radical (unpaired) electrons. The molecule has 1 amide bonds. The van der Waals surface area contributed by atoms with Crippen LogP contribution in [0.25, 0.3) is 0 Å². The Morgan fingerprint density at radius 3 is 2.56 bits per heavy atom. The molecule has 0 aromatic heterocycles. The van der Waals surface area contributed by atoms with Gasteiger partial charge in [0.25, 0.3) is 5.91 Å². The van der Waals surface area contributed by atoms with E-state index >= 15 is 0 Å². The molecule has 2 nitrogen and oxygen atoms in total. The summed E-state index contributed by atoms with van der Waals surface area (Å²) >= 11 is 5.48. The van der Waals surface area contributed by atoms with E-state index in [4.69, 9.17) is 11.6 Å². The Morgan fingerprint density at radius 1 is 1.38 bits per heavy atom. The van der Waals surface area contributed by atoms with E-state index in [0.29, 0.717) is 6.54 Å². The molecule has 0 spiro atoms. The normalized spacial score (nSPS) is 10.3. The first-order valence-electron chi connectivity index (χ1n) is 4.74. The SMILES string of the molecule is Cc1cc(C(=O)N(C)CCCl)c(F)cc1F. The largest absolute Gasteiger partial charge is 0.340 e. The molecule has 0 aliphatic heterocycles. The second-order valence-electron chi connectivity index (χ2n) is 3.50. The van der Waals surface area contributed by atoms with Crippen LogP contribution in [0, 0.1) is 18.6 Å². The van der Waals surface area contributed by atoms with Gasteiger partial charge in [0.15, 0.2) is 0 Å². The highest BCUT2D eigenvalue weighted by atomic mass is 35.5. The first kappa shape index (κ1) is 12.9. The van der Waals surface area contributed by atoms with Gasteiger partial charge in [-0.3, -0.25) is 4.79 Å². The molecule has 0 heterocycles. The van der Waals surface area contributed by atoms with Crippen LogP contribution in [-0.4, -0.2) is 30.3 Å². The van der Waals surface area contributed by atoms with Crippen molar-refractivity contribution >= 4 is 17.5 Å². The van der Waals surface area contributed by atoms with Crippen LogP contribution in [0.1, 0.15) is 15.9 Å². The van der Waals surface area contributed by atoms with E-state index in [-0.39, 0.29) is 17.0 Å². The first-order chi connectivity index (χ1) is 7.47. The van der Waals surface area contributed by atoms with E-state index in [0.717, 1.165) is 6.07 Å². The molecule has 0 fully saturated rings. The van der Waals surface area contributed by atoms with Gasteiger partial charge in [-0.25, -0.2) is 8.78 Å².